The summed E-state index contributed by atoms with van der Waals surface area (Å²) in [5, 5.41) is 10.7. The molecule has 0 bridgehead atoms. The van der Waals surface area contributed by atoms with E-state index in [1.807, 2.05) is 0 Å². The summed E-state index contributed by atoms with van der Waals surface area (Å²) in [6.45, 7) is 1.58. The molecule has 1 aromatic heterocycles. The second-order valence-electron chi connectivity index (χ2n) is 4.93. The molecule has 5 heteroatoms. The summed E-state index contributed by atoms with van der Waals surface area (Å²) in [4.78, 5) is 4.18. The first kappa shape index (κ1) is 13.6. The lowest BCUT2D eigenvalue weighted by atomic mass is 9.96. The summed E-state index contributed by atoms with van der Waals surface area (Å²) >= 11 is 0. The summed E-state index contributed by atoms with van der Waals surface area (Å²) in [5.41, 5.74) is -0.00352. The topological polar surface area (TPSA) is 55.5 Å². The number of rotatable bonds is 3. The van der Waals surface area contributed by atoms with Gasteiger partial charge in [0.15, 0.2) is 11.2 Å². The number of aromatic nitrogens is 1. The van der Waals surface area contributed by atoms with Gasteiger partial charge in [-0.25, -0.2) is 9.37 Å². The van der Waals surface area contributed by atoms with Crippen LogP contribution in [0.5, 0.6) is 5.75 Å². The normalized spacial score (nSPS) is 14.1. The molecule has 0 amide bonds. The highest BCUT2D eigenvalue weighted by Crippen LogP contribution is 2.31. The van der Waals surface area contributed by atoms with Crippen LogP contribution in [0.3, 0.4) is 0 Å². The molecule has 0 aliphatic heterocycles. The smallest absolute Gasteiger partial charge is 0.231 e. The van der Waals surface area contributed by atoms with Gasteiger partial charge in [-0.1, -0.05) is 12.1 Å². The lowest BCUT2D eigenvalue weighted by Crippen LogP contribution is -2.23. The van der Waals surface area contributed by atoms with Crippen LogP contribution in [0.25, 0.3) is 11.1 Å². The molecule has 2 aromatic carbocycles. The standard InChI is InChI=1S/C16H14FNO3/c1-16(19,10-3-6-12(20-2)7-4-10)15-18-13-9-11(17)5-8-14(13)21-15/h3-9,19H,1-2H3/t16-/m1/s1. The average molecular weight is 287 g/mol. The minimum absolute atomic E-state index is 0.119. The third-order valence-corrected chi connectivity index (χ3v) is 3.42. The summed E-state index contributed by atoms with van der Waals surface area (Å²) in [6, 6.07) is 11.0. The van der Waals surface area contributed by atoms with Gasteiger partial charge >= 0.3 is 0 Å². The highest BCUT2D eigenvalue weighted by molar-refractivity contribution is 5.72. The van der Waals surface area contributed by atoms with E-state index in [-0.39, 0.29) is 5.89 Å². The predicted octanol–water partition coefficient (Wildman–Crippen LogP) is 3.23. The lowest BCUT2D eigenvalue weighted by Gasteiger charge is -2.20. The third-order valence-electron chi connectivity index (χ3n) is 3.42. The number of halogens is 1. The molecule has 0 radical (unpaired) electrons. The fourth-order valence-corrected chi connectivity index (χ4v) is 2.15. The number of methoxy groups -OCH3 is 1. The quantitative estimate of drug-likeness (QED) is 0.803. The Labute approximate surface area is 120 Å². The van der Waals surface area contributed by atoms with Gasteiger partial charge in [0.05, 0.1) is 7.11 Å². The fraction of sp³-hybridized carbons (Fsp3) is 0.188. The Morgan fingerprint density at radius 1 is 1.19 bits per heavy atom. The summed E-state index contributed by atoms with van der Waals surface area (Å²) < 4.78 is 23.8. The molecule has 1 heterocycles. The molecule has 1 N–H and O–H groups in total. The Kier molecular flexibility index (Phi) is 3.14. The van der Waals surface area contributed by atoms with E-state index in [1.54, 1.807) is 38.3 Å². The first-order valence-electron chi connectivity index (χ1n) is 6.44. The molecule has 3 aromatic rings. The molecule has 21 heavy (non-hydrogen) atoms. The summed E-state index contributed by atoms with van der Waals surface area (Å²) in [6.07, 6.45) is 0. The number of benzene rings is 2. The van der Waals surface area contributed by atoms with Crippen molar-refractivity contribution >= 4 is 11.1 Å². The molecule has 0 aliphatic rings. The van der Waals surface area contributed by atoms with Gasteiger partial charge in [-0.15, -0.1) is 0 Å². The molecular weight excluding hydrogens is 273 g/mol. The van der Waals surface area contributed by atoms with Gasteiger partial charge in [-0.05, 0) is 36.8 Å². The zero-order valence-electron chi connectivity index (χ0n) is 11.6. The van der Waals surface area contributed by atoms with E-state index in [0.717, 1.165) is 0 Å². The van der Waals surface area contributed by atoms with Crippen molar-refractivity contribution in [2.45, 2.75) is 12.5 Å². The maximum atomic E-state index is 13.2. The Bertz CT molecular complexity index is 778. The van der Waals surface area contributed by atoms with E-state index in [9.17, 15) is 9.50 Å². The molecule has 1 atom stereocenters. The Morgan fingerprint density at radius 2 is 1.90 bits per heavy atom. The number of hydrogen-bond donors (Lipinski definition) is 1. The van der Waals surface area contributed by atoms with E-state index < -0.39 is 11.4 Å². The van der Waals surface area contributed by atoms with Crippen molar-refractivity contribution < 1.29 is 18.7 Å². The van der Waals surface area contributed by atoms with Gasteiger partial charge in [-0.3, -0.25) is 0 Å². The average Bonchev–Trinajstić information content (AvgIpc) is 2.91. The zero-order chi connectivity index (χ0) is 15.0. The summed E-state index contributed by atoms with van der Waals surface area (Å²) in [5.74, 6) is 0.411. The SMILES string of the molecule is COc1ccc([C@@](C)(O)c2nc3cc(F)ccc3o2)cc1. The fourth-order valence-electron chi connectivity index (χ4n) is 2.15. The van der Waals surface area contributed by atoms with Crippen molar-refractivity contribution in [2.24, 2.45) is 0 Å². The van der Waals surface area contributed by atoms with Crippen molar-refractivity contribution in [3.8, 4) is 5.75 Å². The Hall–Kier alpha value is -2.40. The van der Waals surface area contributed by atoms with Gasteiger partial charge in [0.2, 0.25) is 5.89 Å². The zero-order valence-corrected chi connectivity index (χ0v) is 11.6. The maximum Gasteiger partial charge on any atom is 0.231 e. The molecule has 4 nitrogen and oxygen atoms in total. The number of oxazole rings is 1. The monoisotopic (exact) mass is 287 g/mol. The number of ether oxygens (including phenoxy) is 1. The van der Waals surface area contributed by atoms with Crippen LogP contribution in [0.4, 0.5) is 4.39 Å². The van der Waals surface area contributed by atoms with Crippen LogP contribution in [-0.2, 0) is 5.60 Å². The molecular formula is C16H14FNO3. The summed E-state index contributed by atoms with van der Waals surface area (Å²) in [7, 11) is 1.57. The van der Waals surface area contributed by atoms with E-state index in [0.29, 0.717) is 22.4 Å². The molecule has 0 saturated carbocycles. The van der Waals surface area contributed by atoms with Crippen LogP contribution >= 0.6 is 0 Å². The molecule has 0 spiro atoms. The van der Waals surface area contributed by atoms with E-state index in [2.05, 4.69) is 4.98 Å². The van der Waals surface area contributed by atoms with Crippen LogP contribution < -0.4 is 4.74 Å². The largest absolute Gasteiger partial charge is 0.497 e. The Balaban J connectivity index is 2.05. The van der Waals surface area contributed by atoms with Gasteiger partial charge < -0.3 is 14.3 Å². The van der Waals surface area contributed by atoms with Gasteiger partial charge in [0, 0.05) is 6.07 Å². The molecule has 3 rings (SSSR count). The highest BCUT2D eigenvalue weighted by Gasteiger charge is 2.31. The van der Waals surface area contributed by atoms with E-state index in [1.165, 1.54) is 18.2 Å². The number of hydrogen-bond acceptors (Lipinski definition) is 4. The third kappa shape index (κ3) is 2.36. The van der Waals surface area contributed by atoms with Crippen LogP contribution in [0.1, 0.15) is 18.4 Å². The minimum atomic E-state index is -1.41. The molecule has 0 fully saturated rings. The maximum absolute atomic E-state index is 13.2. The van der Waals surface area contributed by atoms with Crippen molar-refractivity contribution in [2.75, 3.05) is 7.11 Å². The van der Waals surface area contributed by atoms with Crippen LogP contribution in [-0.4, -0.2) is 17.2 Å². The van der Waals surface area contributed by atoms with Crippen molar-refractivity contribution in [3.05, 3.63) is 59.7 Å². The molecule has 0 unspecified atom stereocenters. The van der Waals surface area contributed by atoms with Crippen molar-refractivity contribution in [1.29, 1.82) is 0 Å². The second kappa shape index (κ2) is 4.86. The first-order chi connectivity index (χ1) is 10.0. The number of aliphatic hydroxyl groups is 1. The highest BCUT2D eigenvalue weighted by atomic mass is 19.1. The lowest BCUT2D eigenvalue weighted by molar-refractivity contribution is 0.0726. The van der Waals surface area contributed by atoms with Gasteiger partial charge in [0.25, 0.3) is 0 Å². The van der Waals surface area contributed by atoms with Crippen molar-refractivity contribution in [3.63, 3.8) is 0 Å². The van der Waals surface area contributed by atoms with Crippen LogP contribution in [0.2, 0.25) is 0 Å². The molecule has 0 saturated heterocycles. The van der Waals surface area contributed by atoms with Crippen LogP contribution in [0.15, 0.2) is 46.9 Å². The van der Waals surface area contributed by atoms with E-state index >= 15 is 0 Å². The first-order valence-corrected chi connectivity index (χ1v) is 6.44. The Morgan fingerprint density at radius 3 is 2.57 bits per heavy atom. The number of fused-ring (bicyclic) bond motifs is 1. The second-order valence-corrected chi connectivity index (χ2v) is 4.93. The number of nitrogens with zero attached hydrogens (tertiary/aromatic N) is 1. The minimum Gasteiger partial charge on any atom is -0.497 e. The van der Waals surface area contributed by atoms with Gasteiger partial charge in [0.1, 0.15) is 17.1 Å². The van der Waals surface area contributed by atoms with Crippen LogP contribution in [0, 0.1) is 5.82 Å². The van der Waals surface area contributed by atoms with Crippen molar-refractivity contribution in [1.82, 2.24) is 4.98 Å². The molecule has 108 valence electrons. The van der Waals surface area contributed by atoms with Gasteiger partial charge in [-0.2, -0.15) is 0 Å². The molecule has 0 aliphatic carbocycles. The van der Waals surface area contributed by atoms with E-state index in [4.69, 9.17) is 9.15 Å². The predicted molar refractivity (Wildman–Crippen MR) is 75.6 cm³/mol.